The lowest BCUT2D eigenvalue weighted by atomic mass is 10.0. The molecule has 0 radical (unpaired) electrons. The number of likely N-dealkylation sites (tertiary alicyclic amines) is 1. The van der Waals surface area contributed by atoms with E-state index >= 15 is 0 Å². The van der Waals surface area contributed by atoms with Gasteiger partial charge in [-0.1, -0.05) is 50.0 Å². The summed E-state index contributed by atoms with van der Waals surface area (Å²) >= 11 is 0. The molecule has 4 heterocycles. The van der Waals surface area contributed by atoms with E-state index in [1.807, 2.05) is 0 Å². The van der Waals surface area contributed by atoms with E-state index in [9.17, 15) is 26.4 Å². The smallest absolute Gasteiger partial charge is 0.419 e. The van der Waals surface area contributed by atoms with Crippen molar-refractivity contribution >= 4 is 41.0 Å². The summed E-state index contributed by atoms with van der Waals surface area (Å²) in [4.78, 5) is 27.2. The first kappa shape index (κ1) is 40.8. The first-order valence-electron chi connectivity index (χ1n) is 18.3. The van der Waals surface area contributed by atoms with Crippen LogP contribution in [0.4, 0.5) is 23.9 Å². The number of anilines is 1. The van der Waals surface area contributed by atoms with Gasteiger partial charge in [0.05, 0.1) is 16.1 Å². The molecule has 1 amide bonds. The number of nitrogens with one attached hydrogen (secondary N) is 1. The number of rotatable bonds is 11. The number of nitrogens with zero attached hydrogens (tertiary/aromatic N) is 7. The van der Waals surface area contributed by atoms with Gasteiger partial charge in [0.15, 0.2) is 5.82 Å². The Morgan fingerprint density at radius 1 is 1.05 bits per heavy atom. The van der Waals surface area contributed by atoms with Crippen molar-refractivity contribution in [1.29, 1.82) is 0 Å². The lowest BCUT2D eigenvalue weighted by Gasteiger charge is -2.34. The maximum absolute atomic E-state index is 14.7. The van der Waals surface area contributed by atoms with Crippen LogP contribution in [0.5, 0.6) is 0 Å². The Labute approximate surface area is 325 Å². The molecular weight excluding hydrogens is 766 g/mol. The van der Waals surface area contributed by atoms with Crippen LogP contribution in [-0.2, 0) is 32.4 Å². The lowest BCUT2D eigenvalue weighted by Crippen LogP contribution is -2.47. The fourth-order valence-electron chi connectivity index (χ4n) is 6.26. The quantitative estimate of drug-likeness (QED) is 0.103. The number of hydrogen-bond donors (Lipinski definition) is 1. The number of hydrogen-bond acceptors (Lipinski definition) is 10. The number of amides is 1. The number of piperidine rings is 1. The van der Waals surface area contributed by atoms with Crippen LogP contribution in [0, 0.1) is 6.92 Å². The molecule has 0 aliphatic carbocycles. The molecule has 5 aromatic rings. The number of aryl methyl sites for hydroxylation is 1. The predicted molar refractivity (Wildman–Crippen MR) is 209 cm³/mol. The minimum atomic E-state index is -4.88. The molecule has 0 bridgehead atoms. The van der Waals surface area contributed by atoms with Gasteiger partial charge >= 0.3 is 12.3 Å². The highest BCUT2D eigenvalue weighted by molar-refractivity contribution is 7.90. The second-order valence-corrected chi connectivity index (χ2v) is 23.5. The van der Waals surface area contributed by atoms with Crippen molar-refractivity contribution < 1.29 is 35.9 Å². The maximum atomic E-state index is 14.7. The number of carbonyl (C=O) groups is 1. The van der Waals surface area contributed by atoms with Crippen LogP contribution in [0.2, 0.25) is 25.7 Å². The lowest BCUT2D eigenvalue weighted by molar-refractivity contribution is -0.137. The summed E-state index contributed by atoms with van der Waals surface area (Å²) in [5, 5.41) is 7.90. The van der Waals surface area contributed by atoms with Crippen molar-refractivity contribution in [3.05, 3.63) is 72.3 Å². The summed E-state index contributed by atoms with van der Waals surface area (Å²) in [5.74, 6) is 0.760. The largest absolute Gasteiger partial charge is 0.444 e. The van der Waals surface area contributed by atoms with Crippen molar-refractivity contribution in [3.63, 3.8) is 0 Å². The first-order chi connectivity index (χ1) is 26.2. The second-order valence-electron chi connectivity index (χ2n) is 16.1. The highest BCUT2D eigenvalue weighted by atomic mass is 32.2. The summed E-state index contributed by atoms with van der Waals surface area (Å²) in [5.41, 5.74) is -1.88. The molecule has 0 spiro atoms. The monoisotopic (exact) mass is 812 g/mol. The van der Waals surface area contributed by atoms with E-state index in [4.69, 9.17) is 9.47 Å². The molecule has 1 saturated heterocycles. The Bertz CT molecular complexity index is 2320. The third-order valence-electron chi connectivity index (χ3n) is 9.15. The molecule has 1 fully saturated rings. The summed E-state index contributed by atoms with van der Waals surface area (Å²) in [7, 11) is -5.63. The van der Waals surface area contributed by atoms with Crippen LogP contribution in [0.15, 0.2) is 65.8 Å². The molecule has 1 aliphatic heterocycles. The van der Waals surface area contributed by atoms with Crippen LogP contribution < -0.4 is 5.32 Å². The average Bonchev–Trinajstić information content (AvgIpc) is 3.69. The molecule has 0 unspecified atom stereocenters. The van der Waals surface area contributed by atoms with Crippen LogP contribution in [0.1, 0.15) is 45.0 Å². The topological polar surface area (TPSA) is 146 Å². The minimum absolute atomic E-state index is 0.0597. The molecule has 2 aromatic carbocycles. The molecule has 1 N–H and O–H groups in total. The molecular formula is C38H47F3N8O5SSi. The molecule has 56 heavy (non-hydrogen) atoms. The van der Waals surface area contributed by atoms with Crippen molar-refractivity contribution in [1.82, 2.24) is 33.6 Å². The standard InChI is InChI=1S/C38H47F3N8O5SSi/c1-25-43-34(46-48(25)24-53-18-19-56(5,6)7)26-15-16-29-30(23-49(32(29)20-26)55(51,52)28-13-9-8-10-14-28)33-31(38(39,40)41)21-42-35(45-33)44-27-12-11-17-47(22-27)36(50)54-37(2,3)4/h8-10,13-16,20-21,23,27H,11-12,17-19,22,24H2,1-7H3,(H,42,44,45)/t27-/m0/s1. The Balaban J connectivity index is 1.41. The summed E-state index contributed by atoms with van der Waals surface area (Å²) < 4.78 is 86.4. The fourth-order valence-corrected chi connectivity index (χ4v) is 8.40. The van der Waals surface area contributed by atoms with E-state index in [0.717, 1.165) is 16.2 Å². The van der Waals surface area contributed by atoms with Gasteiger partial charge in [-0.2, -0.15) is 13.2 Å². The van der Waals surface area contributed by atoms with Crippen molar-refractivity contribution in [2.75, 3.05) is 25.0 Å². The van der Waals surface area contributed by atoms with Gasteiger partial charge in [-0.3, -0.25) is 0 Å². The van der Waals surface area contributed by atoms with Gasteiger partial charge in [-0.25, -0.2) is 36.8 Å². The van der Waals surface area contributed by atoms with Gasteiger partial charge in [-0.15, -0.1) is 5.10 Å². The van der Waals surface area contributed by atoms with Crippen LogP contribution in [-0.4, -0.2) is 87.5 Å². The van der Waals surface area contributed by atoms with Gasteiger partial charge < -0.3 is 19.7 Å². The van der Waals surface area contributed by atoms with Gasteiger partial charge in [-0.05, 0) is 64.8 Å². The van der Waals surface area contributed by atoms with E-state index in [1.54, 1.807) is 68.8 Å². The Kier molecular flexibility index (Phi) is 11.4. The second kappa shape index (κ2) is 15.6. The van der Waals surface area contributed by atoms with Crippen molar-refractivity contribution in [2.45, 2.75) is 95.7 Å². The van der Waals surface area contributed by atoms with Crippen LogP contribution in [0.3, 0.4) is 0 Å². The zero-order chi connectivity index (χ0) is 40.6. The third-order valence-corrected chi connectivity index (χ3v) is 12.5. The molecule has 1 aliphatic rings. The van der Waals surface area contributed by atoms with Crippen molar-refractivity contribution in [2.24, 2.45) is 0 Å². The summed E-state index contributed by atoms with van der Waals surface area (Å²) in [6, 6.07) is 13.0. The van der Waals surface area contributed by atoms with Crippen molar-refractivity contribution in [3.8, 4) is 22.6 Å². The predicted octanol–water partition coefficient (Wildman–Crippen LogP) is 8.04. The summed E-state index contributed by atoms with van der Waals surface area (Å²) in [6.07, 6.45) is -2.31. The van der Waals surface area contributed by atoms with E-state index in [0.29, 0.717) is 49.4 Å². The number of alkyl halides is 3. The zero-order valence-corrected chi connectivity index (χ0v) is 34.3. The molecule has 6 rings (SSSR count). The zero-order valence-electron chi connectivity index (χ0n) is 32.5. The molecule has 300 valence electrons. The normalized spacial score (nSPS) is 15.7. The Hall–Kier alpha value is -4.81. The molecule has 1 atom stereocenters. The summed E-state index contributed by atoms with van der Waals surface area (Å²) in [6.45, 7) is 15.3. The Morgan fingerprint density at radius 2 is 1.79 bits per heavy atom. The molecule has 0 saturated carbocycles. The Morgan fingerprint density at radius 3 is 2.46 bits per heavy atom. The first-order valence-corrected chi connectivity index (χ1v) is 23.5. The average molecular weight is 813 g/mol. The number of ether oxygens (including phenoxy) is 2. The van der Waals surface area contributed by atoms with E-state index in [-0.39, 0.29) is 46.6 Å². The van der Waals surface area contributed by atoms with Gasteiger partial charge in [0.2, 0.25) is 5.95 Å². The molecule has 3 aromatic heterocycles. The van der Waals surface area contributed by atoms with E-state index in [1.165, 1.54) is 17.0 Å². The van der Waals surface area contributed by atoms with Crippen LogP contribution >= 0.6 is 0 Å². The number of fused-ring (bicyclic) bond motifs is 1. The van der Waals surface area contributed by atoms with Gasteiger partial charge in [0.1, 0.15) is 23.7 Å². The fraction of sp³-hybridized carbons (Fsp3) is 0.447. The number of halogens is 3. The van der Waals surface area contributed by atoms with Crippen LogP contribution in [0.25, 0.3) is 33.5 Å². The van der Waals surface area contributed by atoms with Gasteiger partial charge in [0, 0.05) is 62.7 Å². The number of carbonyl (C=O) groups excluding carboxylic acids is 1. The minimum Gasteiger partial charge on any atom is -0.444 e. The maximum Gasteiger partial charge on any atom is 0.419 e. The van der Waals surface area contributed by atoms with Gasteiger partial charge in [0.25, 0.3) is 10.0 Å². The molecule has 18 heteroatoms. The van der Waals surface area contributed by atoms with E-state index in [2.05, 4.69) is 45.0 Å². The number of aromatic nitrogens is 6. The highest BCUT2D eigenvalue weighted by Crippen LogP contribution is 2.41. The third kappa shape index (κ3) is 9.41. The SMILES string of the molecule is Cc1nc(-c2ccc3c(-c4nc(N[C@H]5CCCN(C(=O)OC(C)(C)C)C5)ncc4C(F)(F)F)cn(S(=O)(=O)c4ccccc4)c3c2)nn1COCC[Si](C)(C)C. The number of benzene rings is 2. The van der Waals surface area contributed by atoms with E-state index < -0.39 is 47.2 Å². The highest BCUT2D eigenvalue weighted by Gasteiger charge is 2.37. The molecule has 13 nitrogen and oxygen atoms in total.